The fraction of sp³-hybridized carbons (Fsp3) is 0.839. The number of methoxy groups -OCH3 is 1. The minimum absolute atomic E-state index is 0.0338. The van der Waals surface area contributed by atoms with Gasteiger partial charge in [0.1, 0.15) is 24.4 Å². The largest absolute Gasteiger partial charge is 0.469 e. The Labute approximate surface area is 246 Å². The molecule has 0 rings (SSSR count). The second kappa shape index (κ2) is 24.0. The number of unbranched alkanes of at least 4 members (excludes halogenated alkanes) is 6. The van der Waals surface area contributed by atoms with Gasteiger partial charge < -0.3 is 23.7 Å². The monoisotopic (exact) mass is 586 g/mol. The Morgan fingerprint density at radius 1 is 0.463 bits per heavy atom. The molecule has 0 amide bonds. The van der Waals surface area contributed by atoms with Crippen LogP contribution in [0.15, 0.2) is 0 Å². The lowest BCUT2D eigenvalue weighted by Gasteiger charge is -2.33. The number of hydrogen-bond acceptors (Lipinski definition) is 10. The quantitative estimate of drug-likeness (QED) is 0.0737. The van der Waals surface area contributed by atoms with Gasteiger partial charge in [0.25, 0.3) is 0 Å². The average Bonchev–Trinajstić information content (AvgIpc) is 2.97. The number of ether oxygens (including phenoxy) is 5. The molecule has 4 unspecified atom stereocenters. The summed E-state index contributed by atoms with van der Waals surface area (Å²) >= 11 is 0. The molecule has 0 aromatic rings. The maximum Gasteiger partial charge on any atom is 0.305 e. The van der Waals surface area contributed by atoms with Crippen molar-refractivity contribution in [3.05, 3.63) is 0 Å². The maximum atomic E-state index is 12.5. The molecule has 0 N–H and O–H groups in total. The molecule has 0 aromatic carbocycles. The normalized spacial score (nSPS) is 13.8. The highest BCUT2D eigenvalue weighted by atomic mass is 16.6. The summed E-state index contributed by atoms with van der Waals surface area (Å²) in [4.78, 5) is 60.9. The molecule has 0 aromatic heterocycles. The third-order valence-corrected chi connectivity index (χ3v) is 6.77. The van der Waals surface area contributed by atoms with E-state index in [2.05, 4.69) is 11.7 Å². The van der Waals surface area contributed by atoms with Gasteiger partial charge in [0.05, 0.1) is 7.11 Å². The summed E-state index contributed by atoms with van der Waals surface area (Å²) in [5, 5.41) is 0. The highest BCUT2D eigenvalue weighted by Crippen LogP contribution is 2.25. The molecule has 0 saturated heterocycles. The lowest BCUT2D eigenvalue weighted by Crippen LogP contribution is -2.43. The third-order valence-electron chi connectivity index (χ3n) is 6.77. The first-order valence-corrected chi connectivity index (χ1v) is 15.5. The fourth-order valence-corrected chi connectivity index (χ4v) is 4.27. The molecule has 10 heteroatoms. The van der Waals surface area contributed by atoms with Crippen LogP contribution < -0.4 is 0 Å². The molecular formula is C31H54O10. The summed E-state index contributed by atoms with van der Waals surface area (Å²) in [7, 11) is 1.37. The van der Waals surface area contributed by atoms with E-state index in [9.17, 15) is 24.0 Å². The highest BCUT2D eigenvalue weighted by molar-refractivity contribution is 5.71. The Hall–Kier alpha value is -2.65. The van der Waals surface area contributed by atoms with E-state index in [1.54, 1.807) is 27.7 Å². The van der Waals surface area contributed by atoms with Crippen LogP contribution in [0.5, 0.6) is 0 Å². The Bertz CT molecular complexity index is 766. The minimum Gasteiger partial charge on any atom is -0.469 e. The average molecular weight is 587 g/mol. The van der Waals surface area contributed by atoms with Crippen LogP contribution in [-0.2, 0) is 47.7 Å². The van der Waals surface area contributed by atoms with Gasteiger partial charge in [-0.2, -0.15) is 0 Å². The molecule has 41 heavy (non-hydrogen) atoms. The standard InChI is InChI=1S/C31H54O10/c1-7-12-16-19-23(38-27(32)8-2)25(40-29(34)10-4)22-26(41-30(35)11-5)24(39-28(33)9-3)20-17-14-13-15-18-21-31(36)37-6/h23-26H,7-22H2,1-6H3. The first kappa shape index (κ1) is 38.4. The van der Waals surface area contributed by atoms with E-state index in [1.807, 2.05) is 0 Å². The smallest absolute Gasteiger partial charge is 0.305 e. The van der Waals surface area contributed by atoms with Gasteiger partial charge >= 0.3 is 29.8 Å². The summed E-state index contributed by atoms with van der Waals surface area (Å²) in [5.74, 6) is -1.99. The van der Waals surface area contributed by atoms with Crippen molar-refractivity contribution in [3.8, 4) is 0 Å². The Morgan fingerprint density at radius 2 is 0.829 bits per heavy atom. The number of hydrogen-bond donors (Lipinski definition) is 0. The zero-order valence-corrected chi connectivity index (χ0v) is 26.2. The summed E-state index contributed by atoms with van der Waals surface area (Å²) in [6.45, 7) is 8.79. The molecule has 0 spiro atoms. The van der Waals surface area contributed by atoms with Crippen LogP contribution >= 0.6 is 0 Å². The van der Waals surface area contributed by atoms with Crippen LogP contribution in [-0.4, -0.2) is 61.4 Å². The second-order valence-electron chi connectivity index (χ2n) is 10.1. The molecular weight excluding hydrogens is 532 g/mol. The van der Waals surface area contributed by atoms with Gasteiger partial charge in [0.15, 0.2) is 0 Å². The Kier molecular flexibility index (Phi) is 22.4. The lowest BCUT2D eigenvalue weighted by atomic mass is 9.95. The van der Waals surface area contributed by atoms with Crippen molar-refractivity contribution in [2.45, 2.75) is 162 Å². The summed E-state index contributed by atoms with van der Waals surface area (Å²) in [5.41, 5.74) is 0. The lowest BCUT2D eigenvalue weighted by molar-refractivity contribution is -0.181. The fourth-order valence-electron chi connectivity index (χ4n) is 4.27. The van der Waals surface area contributed by atoms with Crippen LogP contribution in [0.2, 0.25) is 0 Å². The van der Waals surface area contributed by atoms with E-state index in [4.69, 9.17) is 18.9 Å². The molecule has 0 saturated carbocycles. The first-order chi connectivity index (χ1) is 19.6. The van der Waals surface area contributed by atoms with Gasteiger partial charge in [0.2, 0.25) is 0 Å². The predicted octanol–water partition coefficient (Wildman–Crippen LogP) is 6.15. The highest BCUT2D eigenvalue weighted by Gasteiger charge is 2.36. The van der Waals surface area contributed by atoms with Crippen molar-refractivity contribution in [1.29, 1.82) is 0 Å². The Balaban J connectivity index is 5.90. The van der Waals surface area contributed by atoms with Crippen LogP contribution in [0.4, 0.5) is 0 Å². The van der Waals surface area contributed by atoms with Crippen molar-refractivity contribution in [1.82, 2.24) is 0 Å². The zero-order chi connectivity index (χ0) is 31.0. The molecule has 0 aliphatic heterocycles. The third kappa shape index (κ3) is 18.4. The van der Waals surface area contributed by atoms with Gasteiger partial charge in [-0.1, -0.05) is 66.7 Å². The number of carbonyl (C=O) groups excluding carboxylic acids is 5. The van der Waals surface area contributed by atoms with E-state index >= 15 is 0 Å². The summed E-state index contributed by atoms with van der Waals surface area (Å²) < 4.78 is 27.7. The van der Waals surface area contributed by atoms with Gasteiger partial charge in [-0.15, -0.1) is 0 Å². The van der Waals surface area contributed by atoms with Crippen molar-refractivity contribution < 1.29 is 47.7 Å². The van der Waals surface area contributed by atoms with Crippen molar-refractivity contribution in [3.63, 3.8) is 0 Å². The van der Waals surface area contributed by atoms with Crippen LogP contribution in [0, 0.1) is 0 Å². The van der Waals surface area contributed by atoms with E-state index in [0.717, 1.165) is 44.9 Å². The number of rotatable bonds is 24. The predicted molar refractivity (Wildman–Crippen MR) is 154 cm³/mol. The van der Waals surface area contributed by atoms with E-state index in [1.165, 1.54) is 7.11 Å². The first-order valence-electron chi connectivity index (χ1n) is 15.5. The minimum atomic E-state index is -0.888. The topological polar surface area (TPSA) is 132 Å². The van der Waals surface area contributed by atoms with Crippen LogP contribution in [0.3, 0.4) is 0 Å². The molecule has 238 valence electrons. The molecule has 0 heterocycles. The molecule has 0 fully saturated rings. The summed E-state index contributed by atoms with van der Waals surface area (Å²) in [6, 6.07) is 0. The SMILES string of the molecule is CCCCCC(OC(=O)CC)C(CC(OC(=O)CC)C(CCCCCCCC(=O)OC)OC(=O)CC)OC(=O)CC. The molecule has 0 bridgehead atoms. The summed E-state index contributed by atoms with van der Waals surface area (Å²) in [6.07, 6.45) is 5.33. The molecule has 4 atom stereocenters. The Morgan fingerprint density at radius 3 is 1.22 bits per heavy atom. The number of carbonyl (C=O) groups is 5. The zero-order valence-electron chi connectivity index (χ0n) is 26.2. The number of esters is 5. The van der Waals surface area contributed by atoms with E-state index in [-0.39, 0.29) is 38.1 Å². The van der Waals surface area contributed by atoms with Gasteiger partial charge in [-0.05, 0) is 32.1 Å². The van der Waals surface area contributed by atoms with Gasteiger partial charge in [-0.25, -0.2) is 0 Å². The van der Waals surface area contributed by atoms with Gasteiger partial charge in [-0.3, -0.25) is 24.0 Å². The molecule has 0 aliphatic carbocycles. The molecule has 0 aliphatic rings. The van der Waals surface area contributed by atoms with Crippen molar-refractivity contribution >= 4 is 29.8 Å². The van der Waals surface area contributed by atoms with Crippen LogP contribution in [0.25, 0.3) is 0 Å². The second-order valence-corrected chi connectivity index (χ2v) is 10.1. The molecule has 0 radical (unpaired) electrons. The molecule has 10 nitrogen and oxygen atoms in total. The van der Waals surface area contributed by atoms with Crippen molar-refractivity contribution in [2.24, 2.45) is 0 Å². The van der Waals surface area contributed by atoms with E-state index < -0.39 is 48.3 Å². The van der Waals surface area contributed by atoms with E-state index in [0.29, 0.717) is 25.7 Å². The van der Waals surface area contributed by atoms with Crippen LogP contribution in [0.1, 0.15) is 137 Å². The maximum absolute atomic E-state index is 12.5. The van der Waals surface area contributed by atoms with Gasteiger partial charge in [0, 0.05) is 38.5 Å². The van der Waals surface area contributed by atoms with Crippen molar-refractivity contribution in [2.75, 3.05) is 7.11 Å².